The Bertz CT molecular complexity index is 1580. The highest BCUT2D eigenvalue weighted by Crippen LogP contribution is 2.40. The molecule has 17 heteroatoms. The highest BCUT2D eigenvalue weighted by atomic mass is 32.2. The van der Waals surface area contributed by atoms with Crippen LogP contribution in [0.4, 0.5) is 28.4 Å². The standard InChI is InChI=1S/C18H13N5O10S2/c24-16-9-17(25)15(8-14(16)21-19-10-1-3-11(4-2-10)23(26)27)22-20-13-6-5-12(34(28,29)30)7-18(13)35(31,32)33/h1-9,24-25H,(H,28,29,30)(H,31,32,33). The largest absolute Gasteiger partial charge is 0.505 e. The van der Waals surface area contributed by atoms with Gasteiger partial charge >= 0.3 is 0 Å². The van der Waals surface area contributed by atoms with Crippen LogP contribution in [0.5, 0.6) is 11.5 Å². The van der Waals surface area contributed by atoms with E-state index in [-0.39, 0.29) is 22.7 Å². The van der Waals surface area contributed by atoms with Gasteiger partial charge in [0.1, 0.15) is 33.5 Å². The molecule has 0 aliphatic heterocycles. The first-order valence-electron chi connectivity index (χ1n) is 8.98. The Labute approximate surface area is 196 Å². The lowest BCUT2D eigenvalue weighted by atomic mass is 10.2. The number of nitrogens with zero attached hydrogens (tertiary/aromatic N) is 5. The molecule has 0 unspecified atom stereocenters. The molecule has 3 rings (SSSR count). The van der Waals surface area contributed by atoms with E-state index in [0.29, 0.717) is 6.07 Å². The zero-order valence-corrected chi connectivity index (χ0v) is 18.6. The summed E-state index contributed by atoms with van der Waals surface area (Å²) in [6.45, 7) is 0. The van der Waals surface area contributed by atoms with Crippen LogP contribution in [0.1, 0.15) is 0 Å². The number of phenolic OH excluding ortho intramolecular Hbond substituents is 2. The van der Waals surface area contributed by atoms with Gasteiger partial charge in [0.15, 0.2) is 0 Å². The maximum atomic E-state index is 11.6. The van der Waals surface area contributed by atoms with E-state index in [1.807, 2.05) is 0 Å². The van der Waals surface area contributed by atoms with E-state index in [1.54, 1.807) is 0 Å². The first kappa shape index (κ1) is 25.3. The first-order valence-corrected chi connectivity index (χ1v) is 11.9. The number of rotatable bonds is 7. The number of aromatic hydroxyl groups is 2. The molecule has 3 aromatic rings. The summed E-state index contributed by atoms with van der Waals surface area (Å²) in [5.41, 5.74) is -1.06. The molecule has 0 saturated heterocycles. The summed E-state index contributed by atoms with van der Waals surface area (Å²) in [5.74, 6) is -1.13. The van der Waals surface area contributed by atoms with E-state index in [4.69, 9.17) is 4.55 Å². The molecule has 182 valence electrons. The molecule has 0 bridgehead atoms. The quantitative estimate of drug-likeness (QED) is 0.148. The van der Waals surface area contributed by atoms with Crippen LogP contribution >= 0.6 is 0 Å². The van der Waals surface area contributed by atoms with Crippen LogP contribution in [-0.4, -0.2) is 41.1 Å². The lowest BCUT2D eigenvalue weighted by molar-refractivity contribution is -0.384. The molecule has 0 saturated carbocycles. The number of azo groups is 2. The average Bonchev–Trinajstić information content (AvgIpc) is 2.76. The maximum absolute atomic E-state index is 11.6. The van der Waals surface area contributed by atoms with E-state index in [9.17, 15) is 41.7 Å². The molecular weight excluding hydrogens is 510 g/mol. The van der Waals surface area contributed by atoms with Crippen molar-refractivity contribution < 1.29 is 41.1 Å². The Morgan fingerprint density at radius 1 is 0.686 bits per heavy atom. The van der Waals surface area contributed by atoms with Crippen molar-refractivity contribution in [3.05, 3.63) is 64.7 Å². The van der Waals surface area contributed by atoms with Gasteiger partial charge < -0.3 is 10.2 Å². The van der Waals surface area contributed by atoms with Crippen molar-refractivity contribution in [1.82, 2.24) is 0 Å². The second-order valence-corrected chi connectivity index (χ2v) is 9.39. The van der Waals surface area contributed by atoms with Crippen LogP contribution in [0.15, 0.2) is 84.8 Å². The zero-order chi connectivity index (χ0) is 26.0. The first-order chi connectivity index (χ1) is 16.3. The third-order valence-corrected chi connectivity index (χ3v) is 5.91. The fourth-order valence-electron chi connectivity index (χ4n) is 2.52. The fraction of sp³-hybridized carbons (Fsp3) is 0. The Balaban J connectivity index is 1.97. The van der Waals surface area contributed by atoms with Gasteiger partial charge in [-0.1, -0.05) is 0 Å². The molecule has 35 heavy (non-hydrogen) atoms. The number of nitro groups is 1. The van der Waals surface area contributed by atoms with E-state index in [1.165, 1.54) is 24.3 Å². The van der Waals surface area contributed by atoms with Gasteiger partial charge in [-0.3, -0.25) is 19.2 Å². The molecule has 4 N–H and O–H groups in total. The number of non-ortho nitro benzene ring substituents is 1. The number of benzene rings is 3. The molecule has 3 aromatic carbocycles. The number of hydrogen-bond acceptors (Lipinski definition) is 12. The summed E-state index contributed by atoms with van der Waals surface area (Å²) >= 11 is 0. The summed E-state index contributed by atoms with van der Waals surface area (Å²) in [7, 11) is -9.80. The van der Waals surface area contributed by atoms with Gasteiger partial charge in [-0.25, -0.2) is 0 Å². The summed E-state index contributed by atoms with van der Waals surface area (Å²) in [5, 5.41) is 45.5. The van der Waals surface area contributed by atoms with Gasteiger partial charge in [-0.05, 0) is 30.3 Å². The van der Waals surface area contributed by atoms with Gasteiger partial charge in [-0.2, -0.15) is 21.9 Å². The number of hydrogen-bond donors (Lipinski definition) is 4. The van der Waals surface area contributed by atoms with Crippen LogP contribution < -0.4 is 0 Å². The minimum absolute atomic E-state index is 0.173. The van der Waals surface area contributed by atoms with E-state index >= 15 is 0 Å². The van der Waals surface area contributed by atoms with Crippen LogP contribution in [-0.2, 0) is 20.2 Å². The molecule has 0 aliphatic rings. The second kappa shape index (κ2) is 9.50. The minimum atomic E-state index is -5.00. The summed E-state index contributed by atoms with van der Waals surface area (Å²) in [4.78, 5) is 8.27. The predicted octanol–water partition coefficient (Wildman–Crippen LogP) is 4.33. The van der Waals surface area contributed by atoms with Crippen molar-refractivity contribution in [3.63, 3.8) is 0 Å². The van der Waals surface area contributed by atoms with Gasteiger partial charge in [-0.15, -0.1) is 15.3 Å². The monoisotopic (exact) mass is 523 g/mol. The van der Waals surface area contributed by atoms with Crippen LogP contribution in [0.3, 0.4) is 0 Å². The van der Waals surface area contributed by atoms with Gasteiger partial charge in [0, 0.05) is 24.3 Å². The van der Waals surface area contributed by atoms with Crippen molar-refractivity contribution in [2.24, 2.45) is 20.5 Å². The maximum Gasteiger partial charge on any atom is 0.296 e. The van der Waals surface area contributed by atoms with Gasteiger partial charge in [0.2, 0.25) is 0 Å². The van der Waals surface area contributed by atoms with E-state index < -0.39 is 52.1 Å². The van der Waals surface area contributed by atoms with Crippen LogP contribution in [0.2, 0.25) is 0 Å². The molecular formula is C18H13N5O10S2. The van der Waals surface area contributed by atoms with Crippen molar-refractivity contribution in [2.45, 2.75) is 9.79 Å². The average molecular weight is 523 g/mol. The lowest BCUT2D eigenvalue weighted by Gasteiger charge is -2.05. The van der Waals surface area contributed by atoms with Crippen LogP contribution in [0.25, 0.3) is 0 Å². The highest BCUT2D eigenvalue weighted by molar-refractivity contribution is 7.86. The Morgan fingerprint density at radius 3 is 1.74 bits per heavy atom. The van der Waals surface area contributed by atoms with Crippen LogP contribution in [0, 0.1) is 10.1 Å². The normalized spacial score (nSPS) is 12.4. The van der Waals surface area contributed by atoms with Crippen molar-refractivity contribution in [1.29, 1.82) is 0 Å². The fourth-order valence-corrected chi connectivity index (χ4v) is 3.75. The molecule has 0 fully saturated rings. The summed E-state index contributed by atoms with van der Waals surface area (Å²) < 4.78 is 64.2. The molecule has 0 atom stereocenters. The molecule has 0 spiro atoms. The Hall–Kier alpha value is -4.32. The number of phenols is 2. The van der Waals surface area contributed by atoms with E-state index in [2.05, 4.69) is 20.5 Å². The third kappa shape index (κ3) is 6.18. The van der Waals surface area contributed by atoms with Crippen molar-refractivity contribution in [3.8, 4) is 11.5 Å². The highest BCUT2D eigenvalue weighted by Gasteiger charge is 2.21. The molecule has 0 aliphatic carbocycles. The van der Waals surface area contributed by atoms with Gasteiger partial charge in [0.05, 0.1) is 15.5 Å². The molecule has 0 aromatic heterocycles. The second-order valence-electron chi connectivity index (χ2n) is 6.58. The minimum Gasteiger partial charge on any atom is -0.505 e. The molecule has 15 nitrogen and oxygen atoms in total. The lowest BCUT2D eigenvalue weighted by Crippen LogP contribution is -2.03. The SMILES string of the molecule is O=[N+]([O-])c1ccc(N=Nc2cc(N=Nc3ccc(S(=O)(=O)O)cc3S(=O)(=O)O)c(O)cc2O)cc1. The van der Waals surface area contributed by atoms with E-state index in [0.717, 1.165) is 24.3 Å². The summed E-state index contributed by atoms with van der Waals surface area (Å²) in [6.07, 6.45) is 0. The van der Waals surface area contributed by atoms with Crippen molar-refractivity contribution >= 4 is 48.7 Å². The van der Waals surface area contributed by atoms with Gasteiger partial charge in [0.25, 0.3) is 25.9 Å². The predicted molar refractivity (Wildman–Crippen MR) is 117 cm³/mol. The Morgan fingerprint density at radius 2 is 1.23 bits per heavy atom. The molecule has 0 heterocycles. The Kier molecular flexibility index (Phi) is 6.87. The summed E-state index contributed by atoms with van der Waals surface area (Å²) in [6, 6.07) is 8.92. The topological polar surface area (TPSA) is 242 Å². The molecule has 0 amide bonds. The smallest absolute Gasteiger partial charge is 0.296 e. The third-order valence-electron chi connectivity index (χ3n) is 4.18. The van der Waals surface area contributed by atoms with Crippen molar-refractivity contribution in [2.75, 3.05) is 0 Å². The number of nitro benzene ring substituents is 1. The zero-order valence-electron chi connectivity index (χ0n) is 17.0. The molecule has 0 radical (unpaired) electrons.